The Hall–Kier alpha value is -1.61. The lowest BCUT2D eigenvalue weighted by atomic mass is 9.75. The summed E-state index contributed by atoms with van der Waals surface area (Å²) < 4.78 is 0. The first-order chi connectivity index (χ1) is 13.7. The highest BCUT2D eigenvalue weighted by atomic mass is 32.2. The largest absolute Gasteiger partial charge is 0.508 e. The zero-order valence-corrected chi connectivity index (χ0v) is 19.6. The van der Waals surface area contributed by atoms with Crippen LogP contribution in [0.2, 0.25) is 0 Å². The summed E-state index contributed by atoms with van der Waals surface area (Å²) in [5.74, 6) is 2.89. The summed E-state index contributed by atoms with van der Waals surface area (Å²) in [6.45, 7) is 10.8. The van der Waals surface area contributed by atoms with Gasteiger partial charge in [0.2, 0.25) is 0 Å². The third kappa shape index (κ3) is 6.70. The van der Waals surface area contributed by atoms with Gasteiger partial charge in [-0.05, 0) is 72.1 Å². The molecule has 2 nitrogen and oxygen atoms in total. The van der Waals surface area contributed by atoms with Gasteiger partial charge in [0.1, 0.15) is 11.5 Å². The van der Waals surface area contributed by atoms with Crippen LogP contribution in [0.15, 0.2) is 42.5 Å². The van der Waals surface area contributed by atoms with Crippen molar-refractivity contribution in [2.24, 2.45) is 0 Å². The van der Waals surface area contributed by atoms with Crippen LogP contribution in [-0.4, -0.2) is 21.7 Å². The van der Waals surface area contributed by atoms with E-state index in [4.69, 9.17) is 0 Å². The summed E-state index contributed by atoms with van der Waals surface area (Å²) >= 11 is 1.95. The molecular formula is C26H38O2S. The minimum Gasteiger partial charge on any atom is -0.508 e. The first-order valence-corrected chi connectivity index (χ1v) is 12.0. The summed E-state index contributed by atoms with van der Waals surface area (Å²) in [7, 11) is 0. The Kier molecular flexibility index (Phi) is 8.51. The van der Waals surface area contributed by atoms with E-state index in [0.717, 1.165) is 54.7 Å². The molecule has 0 saturated carbocycles. The molecule has 0 aliphatic heterocycles. The second-order valence-corrected chi connectivity index (χ2v) is 10.7. The highest BCUT2D eigenvalue weighted by Gasteiger charge is 2.29. The van der Waals surface area contributed by atoms with Crippen molar-refractivity contribution in [3.63, 3.8) is 0 Å². The SMILES string of the molecule is CCSCCCC(C)(C)c1cc(O)c(C(C)(C)CCCc2ccccc2)cc1O. The Balaban J connectivity index is 2.10. The molecule has 0 radical (unpaired) electrons. The summed E-state index contributed by atoms with van der Waals surface area (Å²) in [5, 5.41) is 21.6. The van der Waals surface area contributed by atoms with Gasteiger partial charge in [0.15, 0.2) is 0 Å². The Morgan fingerprint density at radius 2 is 1.31 bits per heavy atom. The molecule has 0 bridgehead atoms. The average molecular weight is 415 g/mol. The van der Waals surface area contributed by atoms with Crippen LogP contribution in [0, 0.1) is 0 Å². The molecular weight excluding hydrogens is 376 g/mol. The molecule has 0 spiro atoms. The maximum atomic E-state index is 10.8. The zero-order valence-electron chi connectivity index (χ0n) is 18.8. The van der Waals surface area contributed by atoms with E-state index in [2.05, 4.69) is 58.9 Å². The van der Waals surface area contributed by atoms with Crippen LogP contribution in [0.3, 0.4) is 0 Å². The van der Waals surface area contributed by atoms with Gasteiger partial charge in [-0.15, -0.1) is 0 Å². The Morgan fingerprint density at radius 3 is 1.83 bits per heavy atom. The van der Waals surface area contributed by atoms with Crippen LogP contribution >= 0.6 is 11.8 Å². The van der Waals surface area contributed by atoms with Crippen molar-refractivity contribution in [2.45, 2.75) is 77.6 Å². The van der Waals surface area contributed by atoms with Gasteiger partial charge >= 0.3 is 0 Å². The van der Waals surface area contributed by atoms with Crippen LogP contribution in [0.4, 0.5) is 0 Å². The molecule has 160 valence electrons. The molecule has 29 heavy (non-hydrogen) atoms. The second-order valence-electron chi connectivity index (χ2n) is 9.29. The molecule has 0 fully saturated rings. The number of hydrogen-bond donors (Lipinski definition) is 2. The molecule has 2 aromatic rings. The fraction of sp³-hybridized carbons (Fsp3) is 0.538. The summed E-state index contributed by atoms with van der Waals surface area (Å²) in [6, 6.07) is 14.1. The highest BCUT2D eigenvalue weighted by molar-refractivity contribution is 7.99. The van der Waals surface area contributed by atoms with Crippen LogP contribution in [0.25, 0.3) is 0 Å². The van der Waals surface area contributed by atoms with Crippen molar-refractivity contribution >= 4 is 11.8 Å². The molecule has 0 amide bonds. The maximum absolute atomic E-state index is 10.8. The van der Waals surface area contributed by atoms with E-state index >= 15 is 0 Å². The van der Waals surface area contributed by atoms with Gasteiger partial charge in [0.05, 0.1) is 0 Å². The van der Waals surface area contributed by atoms with E-state index in [1.165, 1.54) is 5.56 Å². The summed E-state index contributed by atoms with van der Waals surface area (Å²) in [4.78, 5) is 0. The average Bonchev–Trinajstić information content (AvgIpc) is 2.67. The Morgan fingerprint density at radius 1 is 0.793 bits per heavy atom. The lowest BCUT2D eigenvalue weighted by molar-refractivity contribution is 0.388. The number of thioether (sulfide) groups is 1. The first kappa shape index (κ1) is 23.7. The molecule has 3 heteroatoms. The van der Waals surface area contributed by atoms with E-state index in [9.17, 15) is 10.2 Å². The quantitative estimate of drug-likeness (QED) is 0.301. The molecule has 0 unspecified atom stereocenters. The fourth-order valence-electron chi connectivity index (χ4n) is 4.07. The predicted octanol–water partition coefficient (Wildman–Crippen LogP) is 7.21. The van der Waals surface area contributed by atoms with Crippen LogP contribution in [0.1, 0.15) is 77.0 Å². The molecule has 0 aliphatic carbocycles. The number of phenols is 2. The lowest BCUT2D eigenvalue weighted by Crippen LogP contribution is -2.21. The molecule has 2 aromatic carbocycles. The molecule has 0 atom stereocenters. The second kappa shape index (κ2) is 10.4. The van der Waals surface area contributed by atoms with Crippen molar-refractivity contribution in [3.8, 4) is 11.5 Å². The van der Waals surface area contributed by atoms with Crippen LogP contribution in [0.5, 0.6) is 11.5 Å². The van der Waals surface area contributed by atoms with Crippen molar-refractivity contribution in [1.82, 2.24) is 0 Å². The summed E-state index contributed by atoms with van der Waals surface area (Å²) in [6.07, 6.45) is 5.12. The number of phenolic OH excluding ortho intramolecular Hbond substituents is 2. The van der Waals surface area contributed by atoms with Gasteiger partial charge in [-0.2, -0.15) is 11.8 Å². The maximum Gasteiger partial charge on any atom is 0.119 e. The topological polar surface area (TPSA) is 40.5 Å². The monoisotopic (exact) mass is 414 g/mol. The van der Waals surface area contributed by atoms with E-state index in [-0.39, 0.29) is 10.8 Å². The van der Waals surface area contributed by atoms with E-state index in [1.54, 1.807) is 12.1 Å². The fourth-order valence-corrected chi connectivity index (χ4v) is 4.71. The van der Waals surface area contributed by atoms with Crippen molar-refractivity contribution in [2.75, 3.05) is 11.5 Å². The first-order valence-electron chi connectivity index (χ1n) is 10.9. The number of hydrogen-bond acceptors (Lipinski definition) is 3. The van der Waals surface area contributed by atoms with Crippen LogP contribution in [-0.2, 0) is 17.3 Å². The van der Waals surface area contributed by atoms with Crippen molar-refractivity contribution in [3.05, 3.63) is 59.2 Å². The number of rotatable bonds is 11. The van der Waals surface area contributed by atoms with Crippen LogP contribution < -0.4 is 0 Å². The zero-order chi connectivity index (χ0) is 21.5. The standard InChI is InChI=1S/C26H38O2S/c1-6-29-17-11-16-26(4,5)22-19-23(27)21(18-24(22)28)25(2,3)15-10-14-20-12-8-7-9-13-20/h7-9,12-13,18-19,27-28H,6,10-11,14-17H2,1-5H3. The van der Waals surface area contributed by atoms with Crippen molar-refractivity contribution < 1.29 is 10.2 Å². The van der Waals surface area contributed by atoms with Gasteiger partial charge < -0.3 is 10.2 Å². The molecule has 2 rings (SSSR count). The molecule has 0 aromatic heterocycles. The normalized spacial score (nSPS) is 12.3. The van der Waals surface area contributed by atoms with Gasteiger partial charge in [-0.3, -0.25) is 0 Å². The minimum absolute atomic E-state index is 0.161. The van der Waals surface area contributed by atoms with Gasteiger partial charge in [0, 0.05) is 11.1 Å². The Bertz CT molecular complexity index is 766. The Labute approximate surface area is 181 Å². The number of benzene rings is 2. The lowest BCUT2D eigenvalue weighted by Gasteiger charge is -2.30. The molecule has 2 N–H and O–H groups in total. The van der Waals surface area contributed by atoms with Gasteiger partial charge in [-0.25, -0.2) is 0 Å². The van der Waals surface area contributed by atoms with Gasteiger partial charge in [-0.1, -0.05) is 65.0 Å². The third-order valence-corrected chi connectivity index (χ3v) is 6.96. The third-order valence-electron chi connectivity index (χ3n) is 5.98. The molecule has 0 saturated heterocycles. The highest BCUT2D eigenvalue weighted by Crippen LogP contribution is 2.43. The predicted molar refractivity (Wildman–Crippen MR) is 127 cm³/mol. The van der Waals surface area contributed by atoms with Gasteiger partial charge in [0.25, 0.3) is 0 Å². The number of aryl methyl sites for hydroxylation is 1. The smallest absolute Gasteiger partial charge is 0.119 e. The van der Waals surface area contributed by atoms with E-state index < -0.39 is 0 Å². The number of aromatic hydroxyl groups is 2. The minimum atomic E-state index is -0.198. The van der Waals surface area contributed by atoms with E-state index in [0.29, 0.717) is 11.5 Å². The molecule has 0 heterocycles. The molecule has 0 aliphatic rings. The summed E-state index contributed by atoms with van der Waals surface area (Å²) in [5.41, 5.74) is 2.67. The van der Waals surface area contributed by atoms with E-state index in [1.807, 2.05) is 17.8 Å². The van der Waals surface area contributed by atoms with Crippen molar-refractivity contribution in [1.29, 1.82) is 0 Å².